The fourth-order valence-electron chi connectivity index (χ4n) is 3.94. The number of nitrogens with zero attached hydrogens (tertiary/aromatic N) is 2. The van der Waals surface area contributed by atoms with Gasteiger partial charge < -0.3 is 14.5 Å². The molecule has 1 aromatic rings. The average Bonchev–Trinajstić information content (AvgIpc) is 3.24. The van der Waals surface area contributed by atoms with Gasteiger partial charge in [-0.3, -0.25) is 14.4 Å². The summed E-state index contributed by atoms with van der Waals surface area (Å²) >= 11 is 0. The van der Waals surface area contributed by atoms with Gasteiger partial charge in [0.25, 0.3) is 0 Å². The van der Waals surface area contributed by atoms with Crippen molar-refractivity contribution in [3.05, 3.63) is 35.9 Å². The quantitative estimate of drug-likeness (QED) is 0.715. The normalized spacial score (nSPS) is 25.1. The summed E-state index contributed by atoms with van der Waals surface area (Å²) in [6.07, 6.45) is 1.66. The van der Waals surface area contributed by atoms with Crippen molar-refractivity contribution in [1.29, 1.82) is 0 Å². The minimum absolute atomic E-state index is 0.0152. The number of amides is 2. The molecule has 0 saturated carbocycles. The number of carbonyl (C=O) groups excluding carboxylic acids is 3. The Labute approximate surface area is 160 Å². The van der Waals surface area contributed by atoms with E-state index in [0.29, 0.717) is 39.2 Å². The van der Waals surface area contributed by atoms with E-state index in [1.54, 1.807) is 16.7 Å². The van der Waals surface area contributed by atoms with Gasteiger partial charge >= 0.3 is 5.97 Å². The predicted molar refractivity (Wildman–Crippen MR) is 101 cm³/mol. The van der Waals surface area contributed by atoms with Crippen molar-refractivity contribution in [1.82, 2.24) is 9.80 Å². The van der Waals surface area contributed by atoms with Crippen molar-refractivity contribution < 1.29 is 19.1 Å². The number of benzene rings is 1. The second-order valence-corrected chi connectivity index (χ2v) is 7.77. The van der Waals surface area contributed by atoms with E-state index in [1.165, 1.54) is 5.56 Å². The lowest BCUT2D eigenvalue weighted by molar-refractivity contribution is -0.154. The van der Waals surface area contributed by atoms with Crippen LogP contribution in [0.25, 0.3) is 0 Å². The number of hydrogen-bond donors (Lipinski definition) is 0. The van der Waals surface area contributed by atoms with Crippen LogP contribution in [0.5, 0.6) is 0 Å². The minimum Gasteiger partial charge on any atom is -0.466 e. The molecule has 2 fully saturated rings. The molecule has 2 aliphatic rings. The molecule has 6 nitrogen and oxygen atoms in total. The molecule has 3 rings (SSSR count). The zero-order chi connectivity index (χ0) is 19.4. The lowest BCUT2D eigenvalue weighted by Crippen LogP contribution is -2.39. The van der Waals surface area contributed by atoms with Gasteiger partial charge in [0.2, 0.25) is 11.8 Å². The van der Waals surface area contributed by atoms with Crippen LogP contribution >= 0.6 is 0 Å². The maximum absolute atomic E-state index is 12.9. The summed E-state index contributed by atoms with van der Waals surface area (Å²) in [6.45, 7) is 6.00. The Kier molecular flexibility index (Phi) is 5.82. The van der Waals surface area contributed by atoms with Crippen molar-refractivity contribution in [2.24, 2.45) is 11.3 Å². The second-order valence-electron chi connectivity index (χ2n) is 7.77. The van der Waals surface area contributed by atoms with Crippen molar-refractivity contribution in [3.63, 3.8) is 0 Å². The Hall–Kier alpha value is -2.37. The topological polar surface area (TPSA) is 66.9 Å². The summed E-state index contributed by atoms with van der Waals surface area (Å²) in [4.78, 5) is 40.9. The van der Waals surface area contributed by atoms with Crippen molar-refractivity contribution in [3.8, 4) is 0 Å². The van der Waals surface area contributed by atoms with E-state index in [2.05, 4.69) is 0 Å². The van der Waals surface area contributed by atoms with Crippen LogP contribution in [0.4, 0.5) is 0 Å². The molecule has 2 aliphatic heterocycles. The Morgan fingerprint density at radius 2 is 2.00 bits per heavy atom. The van der Waals surface area contributed by atoms with E-state index in [9.17, 15) is 14.4 Å². The Balaban J connectivity index is 1.54. The van der Waals surface area contributed by atoms with Crippen molar-refractivity contribution in [2.75, 3.05) is 32.8 Å². The fraction of sp³-hybridized carbons (Fsp3) is 0.571. The maximum Gasteiger partial charge on any atom is 0.313 e. The molecule has 146 valence electrons. The third-order valence-corrected chi connectivity index (χ3v) is 5.63. The fourth-order valence-corrected chi connectivity index (χ4v) is 3.94. The van der Waals surface area contributed by atoms with Gasteiger partial charge in [0.15, 0.2) is 0 Å². The van der Waals surface area contributed by atoms with E-state index in [1.807, 2.05) is 37.3 Å². The van der Waals surface area contributed by atoms with Crippen LogP contribution in [0, 0.1) is 11.3 Å². The number of ether oxygens (including phenoxy) is 1. The lowest BCUT2D eigenvalue weighted by atomic mass is 9.90. The average molecular weight is 372 g/mol. The van der Waals surface area contributed by atoms with Crippen LogP contribution in [-0.2, 0) is 25.5 Å². The van der Waals surface area contributed by atoms with E-state index in [0.717, 1.165) is 6.42 Å². The number of esters is 1. The third-order valence-electron chi connectivity index (χ3n) is 5.63. The maximum atomic E-state index is 12.9. The van der Waals surface area contributed by atoms with Crippen LogP contribution in [0.15, 0.2) is 30.3 Å². The molecule has 0 bridgehead atoms. The molecule has 6 heteroatoms. The van der Waals surface area contributed by atoms with Crippen LogP contribution in [0.2, 0.25) is 0 Å². The van der Waals surface area contributed by atoms with E-state index >= 15 is 0 Å². The van der Waals surface area contributed by atoms with E-state index in [4.69, 9.17) is 4.74 Å². The molecule has 2 atom stereocenters. The Morgan fingerprint density at radius 1 is 1.26 bits per heavy atom. The van der Waals surface area contributed by atoms with E-state index < -0.39 is 5.41 Å². The van der Waals surface area contributed by atoms with Crippen molar-refractivity contribution in [2.45, 2.75) is 33.1 Å². The number of hydrogen-bond acceptors (Lipinski definition) is 4. The first kappa shape index (κ1) is 19.4. The first-order chi connectivity index (χ1) is 12.9. The molecule has 0 N–H and O–H groups in total. The van der Waals surface area contributed by atoms with Gasteiger partial charge in [-0.15, -0.1) is 0 Å². The molecule has 2 amide bonds. The largest absolute Gasteiger partial charge is 0.466 e. The van der Waals surface area contributed by atoms with Gasteiger partial charge in [-0.2, -0.15) is 0 Å². The van der Waals surface area contributed by atoms with Crippen LogP contribution in [-0.4, -0.2) is 60.4 Å². The van der Waals surface area contributed by atoms with Gasteiger partial charge in [0.05, 0.1) is 17.9 Å². The zero-order valence-electron chi connectivity index (χ0n) is 16.1. The van der Waals surface area contributed by atoms with E-state index in [-0.39, 0.29) is 30.1 Å². The summed E-state index contributed by atoms with van der Waals surface area (Å²) in [5, 5.41) is 0. The molecular weight excluding hydrogens is 344 g/mol. The summed E-state index contributed by atoms with van der Waals surface area (Å²) in [7, 11) is 0. The van der Waals surface area contributed by atoms with Gasteiger partial charge in [-0.25, -0.2) is 0 Å². The summed E-state index contributed by atoms with van der Waals surface area (Å²) in [6, 6.07) is 10.0. The van der Waals surface area contributed by atoms with Gasteiger partial charge in [-0.05, 0) is 32.3 Å². The standard InChI is InChI=1S/C21H28N2O4/c1-3-27-20(26)21(2)10-12-23(15-21)19(25)17-13-18(24)22(14-17)11-9-16-7-5-4-6-8-16/h4-8,17H,3,9-15H2,1-2H3/t17-,21-/m0/s1. The molecule has 2 heterocycles. The number of rotatable bonds is 6. The number of likely N-dealkylation sites (tertiary alicyclic amines) is 2. The zero-order valence-corrected chi connectivity index (χ0v) is 16.1. The molecule has 2 saturated heterocycles. The molecule has 1 aromatic carbocycles. The minimum atomic E-state index is -0.638. The second kappa shape index (κ2) is 8.11. The van der Waals surface area contributed by atoms with Crippen LogP contribution < -0.4 is 0 Å². The van der Waals surface area contributed by atoms with Gasteiger partial charge in [-0.1, -0.05) is 30.3 Å². The summed E-state index contributed by atoms with van der Waals surface area (Å²) in [5.41, 5.74) is 0.547. The molecule has 0 radical (unpaired) electrons. The SMILES string of the molecule is CCOC(=O)[C@@]1(C)CCN(C(=O)[C@H]2CC(=O)N(CCc3ccccc3)C2)C1. The van der Waals surface area contributed by atoms with Gasteiger partial charge in [0, 0.05) is 32.6 Å². The van der Waals surface area contributed by atoms with Crippen molar-refractivity contribution >= 4 is 17.8 Å². The number of carbonyl (C=O) groups is 3. The summed E-state index contributed by atoms with van der Waals surface area (Å²) < 4.78 is 5.15. The Bertz CT molecular complexity index is 705. The first-order valence-corrected chi connectivity index (χ1v) is 9.70. The predicted octanol–water partition coefficient (Wildman–Crippen LogP) is 1.88. The highest BCUT2D eigenvalue weighted by atomic mass is 16.5. The monoisotopic (exact) mass is 372 g/mol. The highest BCUT2D eigenvalue weighted by molar-refractivity contribution is 5.90. The first-order valence-electron chi connectivity index (χ1n) is 9.70. The third kappa shape index (κ3) is 4.31. The highest BCUT2D eigenvalue weighted by Gasteiger charge is 2.45. The molecule has 0 aliphatic carbocycles. The molecule has 0 unspecified atom stereocenters. The summed E-state index contributed by atoms with van der Waals surface area (Å²) in [5.74, 6) is -0.527. The molecule has 0 spiro atoms. The van der Waals surface area contributed by atoms with Gasteiger partial charge in [0.1, 0.15) is 0 Å². The highest BCUT2D eigenvalue weighted by Crippen LogP contribution is 2.33. The van der Waals surface area contributed by atoms with Crippen LogP contribution in [0.1, 0.15) is 32.3 Å². The Morgan fingerprint density at radius 3 is 2.70 bits per heavy atom. The molecular formula is C21H28N2O4. The molecule has 27 heavy (non-hydrogen) atoms. The lowest BCUT2D eigenvalue weighted by Gasteiger charge is -2.24. The van der Waals surface area contributed by atoms with Crippen LogP contribution in [0.3, 0.4) is 0 Å². The molecule has 0 aromatic heterocycles. The smallest absolute Gasteiger partial charge is 0.313 e.